The third-order valence-corrected chi connectivity index (χ3v) is 4.12. The number of hydrogen-bond acceptors (Lipinski definition) is 3. The normalized spacial score (nSPS) is 12.5. The number of fused-ring (bicyclic) bond motifs is 1. The molecule has 1 unspecified atom stereocenters. The summed E-state index contributed by atoms with van der Waals surface area (Å²) in [5.41, 5.74) is 5.41. The van der Waals surface area contributed by atoms with Crippen LogP contribution >= 0.6 is 0 Å². The molecule has 2 aromatic carbocycles. The van der Waals surface area contributed by atoms with E-state index in [4.69, 9.17) is 4.84 Å². The van der Waals surface area contributed by atoms with Gasteiger partial charge in [-0.05, 0) is 48.1 Å². The quantitative estimate of drug-likeness (QED) is 0.403. The zero-order valence-electron chi connectivity index (χ0n) is 14.4. The Morgan fingerprint density at radius 3 is 2.85 bits per heavy atom. The van der Waals surface area contributed by atoms with Crippen LogP contribution in [0.3, 0.4) is 0 Å². The van der Waals surface area contributed by atoms with Gasteiger partial charge in [-0.2, -0.15) is 5.26 Å². The smallest absolute Gasteiger partial charge is 0.285 e. The topological polar surface area (TPSA) is 77.9 Å². The second kappa shape index (κ2) is 8.15. The molecule has 0 bridgehead atoms. The number of aromatic nitrogens is 1. The number of rotatable bonds is 6. The summed E-state index contributed by atoms with van der Waals surface area (Å²) >= 11 is 0. The lowest BCUT2D eigenvalue weighted by molar-refractivity contribution is -0.133. The SMILES string of the molecule is CC(ONC(=O)C(C#N)=CCc1ccc2[nH]ccc2c1)c1ccccc1. The number of hydrogen-bond donors (Lipinski definition) is 2. The van der Waals surface area contributed by atoms with Crippen LogP contribution in [0.1, 0.15) is 24.2 Å². The van der Waals surface area contributed by atoms with E-state index in [1.807, 2.05) is 73.8 Å². The number of nitrogens with zero attached hydrogens (tertiary/aromatic N) is 1. The van der Waals surface area contributed by atoms with Gasteiger partial charge >= 0.3 is 0 Å². The number of nitriles is 1. The average molecular weight is 345 g/mol. The molecular formula is C21H19N3O2. The number of allylic oxidation sites excluding steroid dienone is 1. The van der Waals surface area contributed by atoms with Crippen LogP contribution in [-0.2, 0) is 16.1 Å². The van der Waals surface area contributed by atoms with Gasteiger partial charge in [-0.25, -0.2) is 5.48 Å². The standard InChI is InChI=1S/C21H19N3O2/c1-15(17-5-3-2-4-6-17)26-24-21(25)19(14-22)9-7-16-8-10-20-18(13-16)11-12-23-20/h2-6,8-13,15,23H,7H2,1H3,(H,24,25). The van der Waals surface area contributed by atoms with Gasteiger partial charge in [-0.3, -0.25) is 9.63 Å². The summed E-state index contributed by atoms with van der Waals surface area (Å²) in [6.45, 7) is 1.83. The van der Waals surface area contributed by atoms with Crippen molar-refractivity contribution in [1.29, 1.82) is 5.26 Å². The number of nitrogens with one attached hydrogen (secondary N) is 2. The molecule has 1 amide bonds. The number of hydroxylamine groups is 1. The number of amides is 1. The molecule has 0 saturated carbocycles. The summed E-state index contributed by atoms with van der Waals surface area (Å²) in [4.78, 5) is 20.7. The van der Waals surface area contributed by atoms with Gasteiger partial charge in [-0.1, -0.05) is 42.5 Å². The van der Waals surface area contributed by atoms with Crippen molar-refractivity contribution in [3.05, 3.63) is 83.6 Å². The zero-order valence-corrected chi connectivity index (χ0v) is 14.4. The molecule has 0 spiro atoms. The highest BCUT2D eigenvalue weighted by molar-refractivity contribution is 5.96. The first-order valence-corrected chi connectivity index (χ1v) is 8.34. The van der Waals surface area contributed by atoms with Crippen LogP contribution in [0.25, 0.3) is 10.9 Å². The van der Waals surface area contributed by atoms with Gasteiger partial charge in [0.2, 0.25) is 0 Å². The van der Waals surface area contributed by atoms with Gasteiger partial charge in [0, 0.05) is 11.7 Å². The molecule has 1 aromatic heterocycles. The fourth-order valence-electron chi connectivity index (χ4n) is 2.63. The van der Waals surface area contributed by atoms with Crippen LogP contribution in [0.5, 0.6) is 0 Å². The highest BCUT2D eigenvalue weighted by Crippen LogP contribution is 2.16. The van der Waals surface area contributed by atoms with E-state index in [0.29, 0.717) is 6.42 Å². The predicted molar refractivity (Wildman–Crippen MR) is 99.8 cm³/mol. The van der Waals surface area contributed by atoms with E-state index in [9.17, 15) is 10.1 Å². The molecular weight excluding hydrogens is 326 g/mol. The Morgan fingerprint density at radius 1 is 1.27 bits per heavy atom. The first kappa shape index (κ1) is 17.5. The first-order valence-electron chi connectivity index (χ1n) is 8.34. The molecule has 0 saturated heterocycles. The van der Waals surface area contributed by atoms with Gasteiger partial charge in [0.15, 0.2) is 0 Å². The monoisotopic (exact) mass is 345 g/mol. The molecule has 0 aliphatic rings. The number of carbonyl (C=O) groups is 1. The van der Waals surface area contributed by atoms with Crippen molar-refractivity contribution in [2.75, 3.05) is 0 Å². The lowest BCUT2D eigenvalue weighted by atomic mass is 10.1. The van der Waals surface area contributed by atoms with Crippen molar-refractivity contribution in [3.63, 3.8) is 0 Å². The Bertz CT molecular complexity index is 968. The van der Waals surface area contributed by atoms with Crippen molar-refractivity contribution < 1.29 is 9.63 Å². The van der Waals surface area contributed by atoms with Crippen LogP contribution in [0, 0.1) is 11.3 Å². The Hall–Kier alpha value is -3.36. The largest absolute Gasteiger partial charge is 0.361 e. The van der Waals surface area contributed by atoms with Crippen LogP contribution < -0.4 is 5.48 Å². The molecule has 0 aliphatic heterocycles. The maximum Gasteiger partial charge on any atom is 0.285 e. The maximum absolute atomic E-state index is 12.2. The lowest BCUT2D eigenvalue weighted by Crippen LogP contribution is -2.26. The van der Waals surface area contributed by atoms with Gasteiger partial charge in [-0.15, -0.1) is 0 Å². The van der Waals surface area contributed by atoms with E-state index < -0.39 is 5.91 Å². The Morgan fingerprint density at radius 2 is 2.08 bits per heavy atom. The molecule has 0 radical (unpaired) electrons. The van der Waals surface area contributed by atoms with Crippen LogP contribution in [0.4, 0.5) is 0 Å². The third kappa shape index (κ3) is 4.18. The van der Waals surface area contributed by atoms with Crippen molar-refractivity contribution in [2.45, 2.75) is 19.4 Å². The zero-order chi connectivity index (χ0) is 18.4. The minimum absolute atomic E-state index is 0.0272. The molecule has 5 heteroatoms. The summed E-state index contributed by atoms with van der Waals surface area (Å²) in [6, 6.07) is 19.4. The molecule has 1 heterocycles. The molecule has 0 aliphatic carbocycles. The molecule has 2 N–H and O–H groups in total. The molecule has 5 nitrogen and oxygen atoms in total. The van der Waals surface area contributed by atoms with Crippen molar-refractivity contribution in [3.8, 4) is 6.07 Å². The average Bonchev–Trinajstić information content (AvgIpc) is 3.15. The fraction of sp³-hybridized carbons (Fsp3) is 0.143. The number of carbonyl (C=O) groups excluding carboxylic acids is 1. The van der Waals surface area contributed by atoms with Crippen LogP contribution in [0.2, 0.25) is 0 Å². The Kier molecular flexibility index (Phi) is 5.47. The van der Waals surface area contributed by atoms with Gasteiger partial charge in [0.25, 0.3) is 5.91 Å². The summed E-state index contributed by atoms with van der Waals surface area (Å²) in [5, 5.41) is 10.4. The van der Waals surface area contributed by atoms with Gasteiger partial charge in [0.05, 0.1) is 0 Å². The van der Waals surface area contributed by atoms with Crippen LogP contribution in [0.15, 0.2) is 72.4 Å². The molecule has 3 aromatic rings. The maximum atomic E-state index is 12.2. The number of benzene rings is 2. The van der Waals surface area contributed by atoms with E-state index in [0.717, 1.165) is 22.0 Å². The summed E-state index contributed by atoms with van der Waals surface area (Å²) in [5.74, 6) is -0.544. The second-order valence-electron chi connectivity index (χ2n) is 5.93. The first-order chi connectivity index (χ1) is 12.7. The molecule has 130 valence electrons. The second-order valence-corrected chi connectivity index (χ2v) is 5.93. The molecule has 0 fully saturated rings. The minimum Gasteiger partial charge on any atom is -0.361 e. The Labute approximate surface area is 151 Å². The number of H-pyrrole nitrogens is 1. The Balaban J connectivity index is 1.61. The summed E-state index contributed by atoms with van der Waals surface area (Å²) in [6.07, 6.45) is 3.67. The van der Waals surface area contributed by atoms with Gasteiger partial charge < -0.3 is 4.98 Å². The number of aromatic amines is 1. The van der Waals surface area contributed by atoms with E-state index in [2.05, 4.69) is 10.5 Å². The molecule has 26 heavy (non-hydrogen) atoms. The van der Waals surface area contributed by atoms with Crippen molar-refractivity contribution >= 4 is 16.8 Å². The van der Waals surface area contributed by atoms with Crippen LogP contribution in [-0.4, -0.2) is 10.9 Å². The van der Waals surface area contributed by atoms with E-state index >= 15 is 0 Å². The minimum atomic E-state index is -0.544. The van der Waals surface area contributed by atoms with E-state index in [1.165, 1.54) is 0 Å². The van der Waals surface area contributed by atoms with Gasteiger partial charge in [0.1, 0.15) is 17.7 Å². The predicted octanol–water partition coefficient (Wildman–Crippen LogP) is 3.97. The molecule has 1 atom stereocenters. The lowest BCUT2D eigenvalue weighted by Gasteiger charge is -2.13. The third-order valence-electron chi connectivity index (χ3n) is 4.12. The van der Waals surface area contributed by atoms with Crippen molar-refractivity contribution in [1.82, 2.24) is 10.5 Å². The molecule has 3 rings (SSSR count). The summed E-state index contributed by atoms with van der Waals surface area (Å²) in [7, 11) is 0. The highest BCUT2D eigenvalue weighted by Gasteiger charge is 2.12. The highest BCUT2D eigenvalue weighted by atomic mass is 16.7. The van der Waals surface area contributed by atoms with E-state index in [-0.39, 0.29) is 11.7 Å². The van der Waals surface area contributed by atoms with E-state index in [1.54, 1.807) is 6.08 Å². The fourth-order valence-corrected chi connectivity index (χ4v) is 2.63. The van der Waals surface area contributed by atoms with Crippen molar-refractivity contribution in [2.24, 2.45) is 0 Å². The summed E-state index contributed by atoms with van der Waals surface area (Å²) < 4.78 is 0.